The van der Waals surface area contributed by atoms with E-state index in [0.29, 0.717) is 20.3 Å². The van der Waals surface area contributed by atoms with Gasteiger partial charge in [-0.15, -0.1) is 0 Å². The first-order valence-electron chi connectivity index (χ1n) is 10.8. The molecular weight excluding hydrogens is 566 g/mol. The number of hydrogen-bond donors (Lipinski definition) is 0. The number of benzene rings is 4. The van der Waals surface area contributed by atoms with Crippen LogP contribution in [0.3, 0.4) is 0 Å². The SMILES string of the molecule is COc1ccc(N(C(=O)COc2ccc(-c3ccccc3)cc2Br)S(=O)(=O)c2ccccc2)cc1Cl. The molecule has 0 fully saturated rings. The highest BCUT2D eigenvalue weighted by Crippen LogP contribution is 2.33. The average molecular weight is 587 g/mol. The van der Waals surface area contributed by atoms with Gasteiger partial charge in [0.05, 0.1) is 27.2 Å². The zero-order valence-corrected chi connectivity index (χ0v) is 22.3. The second-order valence-corrected chi connectivity index (χ2v) is 10.6. The van der Waals surface area contributed by atoms with Gasteiger partial charge < -0.3 is 9.47 Å². The molecule has 0 aliphatic heterocycles. The molecule has 0 N–H and O–H groups in total. The van der Waals surface area contributed by atoms with Gasteiger partial charge in [-0.3, -0.25) is 4.79 Å². The predicted molar refractivity (Wildman–Crippen MR) is 144 cm³/mol. The van der Waals surface area contributed by atoms with E-state index in [-0.39, 0.29) is 15.6 Å². The van der Waals surface area contributed by atoms with Crippen molar-refractivity contribution in [3.05, 3.63) is 107 Å². The summed E-state index contributed by atoms with van der Waals surface area (Å²) in [7, 11) is -2.81. The number of hydrogen-bond acceptors (Lipinski definition) is 5. The minimum atomic E-state index is -4.25. The second kappa shape index (κ2) is 11.2. The highest BCUT2D eigenvalue weighted by atomic mass is 79.9. The van der Waals surface area contributed by atoms with E-state index in [9.17, 15) is 13.2 Å². The van der Waals surface area contributed by atoms with Crippen LogP contribution in [0.15, 0.2) is 106 Å². The van der Waals surface area contributed by atoms with E-state index in [1.807, 2.05) is 42.5 Å². The molecule has 36 heavy (non-hydrogen) atoms. The fraction of sp³-hybridized carbons (Fsp3) is 0.0741. The predicted octanol–water partition coefficient (Wildman–Crippen LogP) is 6.58. The summed E-state index contributed by atoms with van der Waals surface area (Å²) in [6, 6.07) is 27.3. The molecule has 0 saturated heterocycles. The van der Waals surface area contributed by atoms with Gasteiger partial charge in [0.25, 0.3) is 15.9 Å². The third-order valence-electron chi connectivity index (χ3n) is 5.27. The number of carbonyl (C=O) groups excluding carboxylic acids is 1. The standard InChI is InChI=1S/C27H21BrClNO5S/c1-34-26-15-13-21(17-24(26)29)30(36(32,33)22-10-6-3-7-11-22)27(31)18-35-25-14-12-20(16-23(25)28)19-8-4-2-5-9-19/h2-17H,18H2,1H3. The lowest BCUT2D eigenvalue weighted by Crippen LogP contribution is -2.40. The van der Waals surface area contributed by atoms with Crippen molar-refractivity contribution >= 4 is 49.1 Å². The van der Waals surface area contributed by atoms with Crippen LogP contribution >= 0.6 is 27.5 Å². The molecule has 0 saturated carbocycles. The Kier molecular flexibility index (Phi) is 7.98. The molecule has 0 aromatic heterocycles. The molecule has 4 aromatic rings. The molecule has 184 valence electrons. The van der Waals surface area contributed by atoms with Gasteiger partial charge in [0.15, 0.2) is 6.61 Å². The van der Waals surface area contributed by atoms with E-state index in [4.69, 9.17) is 21.1 Å². The molecule has 9 heteroatoms. The number of nitrogens with zero attached hydrogens (tertiary/aromatic N) is 1. The van der Waals surface area contributed by atoms with Crippen molar-refractivity contribution in [1.82, 2.24) is 0 Å². The van der Waals surface area contributed by atoms with Crippen molar-refractivity contribution in [2.24, 2.45) is 0 Å². The Bertz CT molecular complexity index is 1480. The Labute approximate surface area is 223 Å². The van der Waals surface area contributed by atoms with E-state index in [2.05, 4.69) is 15.9 Å². The first kappa shape index (κ1) is 25.8. The second-order valence-electron chi connectivity index (χ2n) is 7.59. The highest BCUT2D eigenvalue weighted by Gasteiger charge is 2.32. The summed E-state index contributed by atoms with van der Waals surface area (Å²) in [5.41, 5.74) is 2.05. The molecule has 0 heterocycles. The van der Waals surface area contributed by atoms with Gasteiger partial charge >= 0.3 is 0 Å². The molecule has 4 aromatic carbocycles. The van der Waals surface area contributed by atoms with Gasteiger partial charge in [0, 0.05) is 0 Å². The van der Waals surface area contributed by atoms with Crippen LogP contribution in [0.1, 0.15) is 0 Å². The summed E-state index contributed by atoms with van der Waals surface area (Å²) < 4.78 is 39.2. The topological polar surface area (TPSA) is 72.9 Å². The maximum absolute atomic E-state index is 13.5. The Balaban J connectivity index is 1.63. The summed E-state index contributed by atoms with van der Waals surface area (Å²) in [5, 5.41) is 0.163. The van der Waals surface area contributed by atoms with Crippen LogP contribution in [0.25, 0.3) is 11.1 Å². The highest BCUT2D eigenvalue weighted by molar-refractivity contribution is 9.10. The Morgan fingerprint density at radius 3 is 2.11 bits per heavy atom. The monoisotopic (exact) mass is 585 g/mol. The van der Waals surface area contributed by atoms with Crippen LogP contribution in [0.5, 0.6) is 11.5 Å². The number of halogens is 2. The van der Waals surface area contributed by atoms with Gasteiger partial charge in [-0.25, -0.2) is 8.42 Å². The van der Waals surface area contributed by atoms with Crippen LogP contribution in [-0.4, -0.2) is 28.0 Å². The molecule has 4 rings (SSSR count). The van der Waals surface area contributed by atoms with Crippen molar-refractivity contribution in [2.75, 3.05) is 18.0 Å². The normalized spacial score (nSPS) is 11.1. The quantitative estimate of drug-likeness (QED) is 0.233. The molecule has 0 radical (unpaired) electrons. The summed E-state index contributed by atoms with van der Waals surface area (Å²) in [6.07, 6.45) is 0. The summed E-state index contributed by atoms with van der Waals surface area (Å²) >= 11 is 9.72. The van der Waals surface area contributed by atoms with Crippen molar-refractivity contribution < 1.29 is 22.7 Å². The van der Waals surface area contributed by atoms with Crippen molar-refractivity contribution in [3.8, 4) is 22.6 Å². The van der Waals surface area contributed by atoms with Crippen LogP contribution in [0.2, 0.25) is 5.02 Å². The zero-order chi connectivity index (χ0) is 25.7. The first-order valence-corrected chi connectivity index (χ1v) is 13.4. The smallest absolute Gasteiger partial charge is 0.278 e. The van der Waals surface area contributed by atoms with Crippen LogP contribution in [0, 0.1) is 0 Å². The Morgan fingerprint density at radius 2 is 1.50 bits per heavy atom. The molecule has 1 amide bonds. The van der Waals surface area contributed by atoms with Crippen molar-refractivity contribution in [1.29, 1.82) is 0 Å². The average Bonchev–Trinajstić information content (AvgIpc) is 2.89. The summed E-state index contributed by atoms with van der Waals surface area (Å²) in [5.74, 6) is -0.0458. The number of carbonyl (C=O) groups is 1. The number of amides is 1. The number of anilines is 1. The van der Waals surface area contributed by atoms with Crippen molar-refractivity contribution in [3.63, 3.8) is 0 Å². The van der Waals surface area contributed by atoms with Crippen LogP contribution < -0.4 is 13.8 Å². The van der Waals surface area contributed by atoms with Crippen LogP contribution in [-0.2, 0) is 14.8 Å². The molecular formula is C27H21BrClNO5S. The van der Waals surface area contributed by atoms with E-state index in [1.165, 1.54) is 37.4 Å². The van der Waals surface area contributed by atoms with E-state index in [1.54, 1.807) is 24.3 Å². The Hall–Kier alpha value is -3.33. The molecule has 0 aliphatic carbocycles. The summed E-state index contributed by atoms with van der Waals surface area (Å²) in [6.45, 7) is -0.529. The van der Waals surface area contributed by atoms with E-state index in [0.717, 1.165) is 11.1 Å². The van der Waals surface area contributed by atoms with Gasteiger partial charge in [0.2, 0.25) is 0 Å². The zero-order valence-electron chi connectivity index (χ0n) is 19.1. The number of methoxy groups -OCH3 is 1. The maximum atomic E-state index is 13.5. The van der Waals surface area contributed by atoms with Crippen molar-refractivity contribution in [2.45, 2.75) is 4.90 Å². The third kappa shape index (κ3) is 5.56. The molecule has 0 bridgehead atoms. The largest absolute Gasteiger partial charge is 0.495 e. The van der Waals surface area contributed by atoms with E-state index < -0.39 is 22.5 Å². The molecule has 0 aliphatic rings. The lowest BCUT2D eigenvalue weighted by Gasteiger charge is -2.23. The van der Waals surface area contributed by atoms with Gasteiger partial charge in [-0.2, -0.15) is 4.31 Å². The van der Waals surface area contributed by atoms with E-state index >= 15 is 0 Å². The molecule has 0 spiro atoms. The fourth-order valence-electron chi connectivity index (χ4n) is 3.52. The number of rotatable bonds is 8. The third-order valence-corrected chi connectivity index (χ3v) is 7.95. The van der Waals surface area contributed by atoms with Crippen LogP contribution in [0.4, 0.5) is 5.69 Å². The molecule has 0 unspecified atom stereocenters. The van der Waals surface area contributed by atoms with Gasteiger partial charge in [0.1, 0.15) is 11.5 Å². The number of sulfonamides is 1. The Morgan fingerprint density at radius 1 is 0.861 bits per heavy atom. The first-order chi connectivity index (χ1) is 17.3. The lowest BCUT2D eigenvalue weighted by atomic mass is 10.1. The van der Waals surface area contributed by atoms with Gasteiger partial charge in [-0.05, 0) is 69.5 Å². The maximum Gasteiger partial charge on any atom is 0.278 e. The minimum absolute atomic E-state index is 0.0429. The molecule has 6 nitrogen and oxygen atoms in total. The lowest BCUT2D eigenvalue weighted by molar-refractivity contribution is -0.119. The minimum Gasteiger partial charge on any atom is -0.495 e. The summed E-state index contributed by atoms with van der Waals surface area (Å²) in [4.78, 5) is 13.3. The van der Waals surface area contributed by atoms with Gasteiger partial charge in [-0.1, -0.05) is 66.2 Å². The number of ether oxygens (including phenoxy) is 2. The molecule has 0 atom stereocenters. The fourth-order valence-corrected chi connectivity index (χ4v) is 5.69.